The SMILES string of the molecule is OB(O)c1ccccc1F.[H-].[K+]. The van der Waals surface area contributed by atoms with Crippen molar-refractivity contribution in [2.45, 2.75) is 0 Å². The first-order valence-electron chi connectivity index (χ1n) is 2.82. The molecule has 11 heavy (non-hydrogen) atoms. The Morgan fingerprint density at radius 1 is 1.27 bits per heavy atom. The van der Waals surface area contributed by atoms with Gasteiger partial charge in [-0.2, -0.15) is 0 Å². The molecule has 0 aliphatic heterocycles. The van der Waals surface area contributed by atoms with Crippen molar-refractivity contribution in [3.63, 3.8) is 0 Å². The molecule has 0 aliphatic rings. The van der Waals surface area contributed by atoms with E-state index < -0.39 is 12.9 Å². The van der Waals surface area contributed by atoms with Crippen molar-refractivity contribution in [3.8, 4) is 0 Å². The number of benzene rings is 1. The molecule has 0 fully saturated rings. The summed E-state index contributed by atoms with van der Waals surface area (Å²) in [4.78, 5) is 0. The summed E-state index contributed by atoms with van der Waals surface area (Å²) in [6, 6.07) is 5.52. The van der Waals surface area contributed by atoms with Crippen molar-refractivity contribution in [3.05, 3.63) is 30.1 Å². The number of rotatable bonds is 1. The van der Waals surface area contributed by atoms with Gasteiger partial charge in [0.15, 0.2) is 0 Å². The first-order valence-corrected chi connectivity index (χ1v) is 2.82. The van der Waals surface area contributed by atoms with E-state index in [0.717, 1.165) is 0 Å². The van der Waals surface area contributed by atoms with Gasteiger partial charge in [0.1, 0.15) is 5.82 Å². The van der Waals surface area contributed by atoms with E-state index in [4.69, 9.17) is 10.0 Å². The van der Waals surface area contributed by atoms with Crippen LogP contribution >= 0.6 is 0 Å². The van der Waals surface area contributed by atoms with Gasteiger partial charge in [0.25, 0.3) is 0 Å². The first-order chi connectivity index (χ1) is 4.72. The Bertz CT molecular complexity index is 237. The van der Waals surface area contributed by atoms with Crippen LogP contribution in [0.2, 0.25) is 0 Å². The molecule has 2 nitrogen and oxygen atoms in total. The predicted octanol–water partition coefficient (Wildman–Crippen LogP) is -3.38. The van der Waals surface area contributed by atoms with Crippen LogP contribution in [0.3, 0.4) is 0 Å². The van der Waals surface area contributed by atoms with Gasteiger partial charge in [0, 0.05) is 5.46 Å². The molecule has 5 heteroatoms. The van der Waals surface area contributed by atoms with Gasteiger partial charge in [0.05, 0.1) is 0 Å². The van der Waals surface area contributed by atoms with Gasteiger partial charge in [-0.1, -0.05) is 18.2 Å². The molecule has 0 spiro atoms. The van der Waals surface area contributed by atoms with Gasteiger partial charge in [0.2, 0.25) is 0 Å². The molecular formula is C6H7BFKO2. The van der Waals surface area contributed by atoms with E-state index in [0.29, 0.717) is 0 Å². The van der Waals surface area contributed by atoms with E-state index in [9.17, 15) is 4.39 Å². The standard InChI is InChI=1S/C6H6BFO2.K.H/c8-6-4-2-1-3-5(6)7(9)10;;/h1-4,9-10H;;/q;+1;-1. The molecule has 0 radical (unpaired) electrons. The summed E-state index contributed by atoms with van der Waals surface area (Å²) in [6.07, 6.45) is 0. The Balaban J connectivity index is 0. The van der Waals surface area contributed by atoms with E-state index in [2.05, 4.69) is 0 Å². The van der Waals surface area contributed by atoms with Gasteiger partial charge in [-0.15, -0.1) is 0 Å². The minimum atomic E-state index is -1.72. The Labute approximate surface area is 108 Å². The molecule has 1 rings (SSSR count). The fourth-order valence-corrected chi connectivity index (χ4v) is 0.684. The van der Waals surface area contributed by atoms with Crippen LogP contribution in [0.5, 0.6) is 0 Å². The second kappa shape index (κ2) is 5.42. The number of halogens is 1. The smallest absolute Gasteiger partial charge is 1.00 e. The van der Waals surface area contributed by atoms with Gasteiger partial charge >= 0.3 is 58.5 Å². The van der Waals surface area contributed by atoms with Crippen molar-refractivity contribution >= 4 is 12.6 Å². The maximum absolute atomic E-state index is 12.5. The third kappa shape index (κ3) is 3.33. The summed E-state index contributed by atoms with van der Waals surface area (Å²) in [6.45, 7) is 0. The maximum atomic E-state index is 12.5. The Kier molecular flexibility index (Phi) is 5.80. The molecule has 1 aromatic carbocycles. The average Bonchev–Trinajstić information content (AvgIpc) is 1.88. The summed E-state index contributed by atoms with van der Waals surface area (Å²) < 4.78 is 12.5. The van der Waals surface area contributed by atoms with Gasteiger partial charge in [-0.3, -0.25) is 0 Å². The van der Waals surface area contributed by atoms with Crippen LogP contribution in [0, 0.1) is 5.82 Å². The van der Waals surface area contributed by atoms with E-state index >= 15 is 0 Å². The van der Waals surface area contributed by atoms with Crippen molar-refractivity contribution in [2.24, 2.45) is 0 Å². The molecule has 54 valence electrons. The summed E-state index contributed by atoms with van der Waals surface area (Å²) in [5, 5.41) is 17.0. The van der Waals surface area contributed by atoms with Gasteiger partial charge in [-0.05, 0) is 6.07 Å². The van der Waals surface area contributed by atoms with E-state index in [1.54, 1.807) is 0 Å². The molecule has 0 unspecified atom stereocenters. The summed E-state index contributed by atoms with van der Waals surface area (Å²) in [5.74, 6) is -0.600. The molecular weight excluding hydrogens is 173 g/mol. The fourth-order valence-electron chi connectivity index (χ4n) is 0.684. The zero-order chi connectivity index (χ0) is 7.56. The molecule has 0 aromatic heterocycles. The predicted molar refractivity (Wildman–Crippen MR) is 37.3 cm³/mol. The minimum Gasteiger partial charge on any atom is -1.00 e. The van der Waals surface area contributed by atoms with E-state index in [1.165, 1.54) is 24.3 Å². The molecule has 0 heterocycles. The van der Waals surface area contributed by atoms with Crippen molar-refractivity contribution < 1.29 is 67.2 Å². The third-order valence-corrected chi connectivity index (χ3v) is 1.18. The Hall–Kier alpha value is 0.771. The van der Waals surface area contributed by atoms with Crippen LogP contribution in [0.4, 0.5) is 4.39 Å². The largest absolute Gasteiger partial charge is 1.00 e. The molecule has 1 aromatic rings. The van der Waals surface area contributed by atoms with Crippen LogP contribution in [-0.2, 0) is 0 Å². The van der Waals surface area contributed by atoms with E-state index in [1.807, 2.05) is 0 Å². The monoisotopic (exact) mass is 180 g/mol. The van der Waals surface area contributed by atoms with E-state index in [-0.39, 0.29) is 58.3 Å². The first kappa shape index (κ1) is 11.8. The fraction of sp³-hybridized carbons (Fsp3) is 0. The normalized spacial score (nSPS) is 8.64. The topological polar surface area (TPSA) is 40.5 Å². The van der Waals surface area contributed by atoms with Crippen LogP contribution in [0.15, 0.2) is 24.3 Å². The number of hydrogen-bond acceptors (Lipinski definition) is 2. The van der Waals surface area contributed by atoms with Gasteiger partial charge in [-0.25, -0.2) is 4.39 Å². The molecule has 0 atom stereocenters. The summed E-state index contributed by atoms with van der Waals surface area (Å²) in [7, 11) is -1.72. The van der Waals surface area contributed by atoms with Gasteiger partial charge < -0.3 is 11.5 Å². The number of hydrogen-bond donors (Lipinski definition) is 2. The molecule has 0 bridgehead atoms. The average molecular weight is 180 g/mol. The van der Waals surface area contributed by atoms with Crippen molar-refractivity contribution in [1.82, 2.24) is 0 Å². The summed E-state index contributed by atoms with van der Waals surface area (Å²) in [5.41, 5.74) is -0.0949. The van der Waals surface area contributed by atoms with Crippen LogP contribution in [0.25, 0.3) is 0 Å². The zero-order valence-corrected chi connectivity index (χ0v) is 9.28. The quantitative estimate of drug-likeness (QED) is 0.443. The van der Waals surface area contributed by atoms with Crippen molar-refractivity contribution in [1.29, 1.82) is 0 Å². The maximum Gasteiger partial charge on any atom is 1.00 e. The Morgan fingerprint density at radius 2 is 1.82 bits per heavy atom. The summed E-state index contributed by atoms with van der Waals surface area (Å²) >= 11 is 0. The molecule has 0 amide bonds. The molecule has 0 saturated carbocycles. The molecule has 0 aliphatic carbocycles. The Morgan fingerprint density at radius 3 is 2.18 bits per heavy atom. The molecule has 0 saturated heterocycles. The van der Waals surface area contributed by atoms with Crippen molar-refractivity contribution in [2.75, 3.05) is 0 Å². The third-order valence-electron chi connectivity index (χ3n) is 1.18. The second-order valence-electron chi connectivity index (χ2n) is 1.90. The molecule has 2 N–H and O–H groups in total. The van der Waals surface area contributed by atoms with Crippen LogP contribution < -0.4 is 56.8 Å². The minimum absolute atomic E-state index is 0. The second-order valence-corrected chi connectivity index (χ2v) is 1.90. The van der Waals surface area contributed by atoms with Crippen LogP contribution in [-0.4, -0.2) is 17.2 Å². The zero-order valence-electron chi connectivity index (χ0n) is 7.16. The van der Waals surface area contributed by atoms with Crippen LogP contribution in [0.1, 0.15) is 1.43 Å².